The molecule has 0 saturated carbocycles. The van der Waals surface area contributed by atoms with Crippen molar-refractivity contribution in [3.05, 3.63) is 48.3 Å². The van der Waals surface area contributed by atoms with E-state index in [9.17, 15) is 13.2 Å². The van der Waals surface area contributed by atoms with Gasteiger partial charge in [0.15, 0.2) is 0 Å². The third kappa shape index (κ3) is 2.55. The quantitative estimate of drug-likeness (QED) is 0.826. The fourth-order valence-corrected chi connectivity index (χ4v) is 1.42. The maximum atomic E-state index is 12.4. The molecule has 1 aromatic heterocycles. The fourth-order valence-electron chi connectivity index (χ4n) is 1.42. The molecule has 2 rings (SSSR count). The van der Waals surface area contributed by atoms with Crippen LogP contribution in [0.2, 0.25) is 0 Å². The molecule has 17 heavy (non-hydrogen) atoms. The number of aromatic nitrogens is 1. The first-order valence-electron chi connectivity index (χ1n) is 4.79. The van der Waals surface area contributed by atoms with Crippen molar-refractivity contribution in [3.63, 3.8) is 0 Å². The Hall–Kier alpha value is -2.04. The lowest BCUT2D eigenvalue weighted by Gasteiger charge is -2.07. The number of nitrogens with zero attached hydrogens (tertiary/aromatic N) is 1. The monoisotopic (exact) mass is 239 g/mol. The molecule has 1 aromatic carbocycles. The van der Waals surface area contributed by atoms with E-state index in [2.05, 4.69) is 4.98 Å². The van der Waals surface area contributed by atoms with Crippen LogP contribution in [-0.2, 0) is 6.18 Å². The Morgan fingerprint density at radius 1 is 0.941 bits per heavy atom. The molecule has 1 heterocycles. The Bertz CT molecular complexity index is 520. The lowest BCUT2D eigenvalue weighted by atomic mass is 10.1. The second kappa shape index (κ2) is 4.08. The number of aromatic hydroxyl groups is 1. The molecule has 88 valence electrons. The van der Waals surface area contributed by atoms with Crippen LogP contribution in [0.1, 0.15) is 5.69 Å². The molecular formula is C12H8F3NO. The molecule has 0 radical (unpaired) electrons. The summed E-state index contributed by atoms with van der Waals surface area (Å²) in [5.41, 5.74) is 0.0751. The number of benzene rings is 1. The predicted octanol–water partition coefficient (Wildman–Crippen LogP) is 3.47. The SMILES string of the molecule is Oc1ccc(-c2ccnc(C(F)(F)F)c2)cc1. The Kier molecular flexibility index (Phi) is 2.75. The van der Waals surface area contributed by atoms with Crippen molar-refractivity contribution in [3.8, 4) is 16.9 Å². The van der Waals surface area contributed by atoms with Gasteiger partial charge in [0.2, 0.25) is 0 Å². The number of alkyl halides is 3. The van der Waals surface area contributed by atoms with Crippen LogP contribution in [0.4, 0.5) is 13.2 Å². The average molecular weight is 239 g/mol. The van der Waals surface area contributed by atoms with Gasteiger partial charge in [-0.25, -0.2) is 0 Å². The highest BCUT2D eigenvalue weighted by atomic mass is 19.4. The van der Waals surface area contributed by atoms with E-state index < -0.39 is 11.9 Å². The second-order valence-electron chi connectivity index (χ2n) is 3.47. The first-order valence-corrected chi connectivity index (χ1v) is 4.79. The molecule has 0 aliphatic carbocycles. The zero-order chi connectivity index (χ0) is 12.5. The first-order chi connectivity index (χ1) is 7.97. The summed E-state index contributed by atoms with van der Waals surface area (Å²) in [5, 5.41) is 9.10. The number of phenols is 1. The Balaban J connectivity index is 2.43. The van der Waals surface area contributed by atoms with Crippen molar-refractivity contribution in [2.75, 3.05) is 0 Å². The van der Waals surface area contributed by atoms with Crippen molar-refractivity contribution >= 4 is 0 Å². The van der Waals surface area contributed by atoms with Gasteiger partial charge in [0.1, 0.15) is 11.4 Å². The van der Waals surface area contributed by atoms with Crippen LogP contribution < -0.4 is 0 Å². The number of hydrogen-bond acceptors (Lipinski definition) is 2. The molecule has 0 aliphatic rings. The Morgan fingerprint density at radius 2 is 1.59 bits per heavy atom. The van der Waals surface area contributed by atoms with Crippen molar-refractivity contribution in [1.82, 2.24) is 4.98 Å². The highest BCUT2D eigenvalue weighted by molar-refractivity contribution is 5.64. The average Bonchev–Trinajstić information content (AvgIpc) is 2.29. The molecule has 0 amide bonds. The number of halogens is 3. The summed E-state index contributed by atoms with van der Waals surface area (Å²) in [7, 11) is 0. The molecule has 1 N–H and O–H groups in total. The molecule has 0 unspecified atom stereocenters. The third-order valence-corrected chi connectivity index (χ3v) is 2.25. The number of phenolic OH excluding ortho intramolecular Hbond substituents is 1. The summed E-state index contributed by atoms with van der Waals surface area (Å²) in [6, 6.07) is 8.40. The maximum absolute atomic E-state index is 12.4. The van der Waals surface area contributed by atoms with Crippen molar-refractivity contribution in [2.45, 2.75) is 6.18 Å². The standard InChI is InChI=1S/C12H8F3NO/c13-12(14,15)11-7-9(5-6-16-11)8-1-3-10(17)4-2-8/h1-7,17H. The lowest BCUT2D eigenvalue weighted by Crippen LogP contribution is -2.07. The van der Waals surface area contributed by atoms with Crippen molar-refractivity contribution in [1.29, 1.82) is 0 Å². The van der Waals surface area contributed by atoms with Crippen molar-refractivity contribution in [2.24, 2.45) is 0 Å². The van der Waals surface area contributed by atoms with E-state index in [1.54, 1.807) is 12.1 Å². The smallest absolute Gasteiger partial charge is 0.433 e. The van der Waals surface area contributed by atoms with Gasteiger partial charge in [-0.2, -0.15) is 13.2 Å². The molecule has 5 heteroatoms. The minimum absolute atomic E-state index is 0.0684. The lowest BCUT2D eigenvalue weighted by molar-refractivity contribution is -0.141. The van der Waals surface area contributed by atoms with Crippen LogP contribution in [-0.4, -0.2) is 10.1 Å². The van der Waals surface area contributed by atoms with Gasteiger partial charge < -0.3 is 5.11 Å². The van der Waals surface area contributed by atoms with Crippen molar-refractivity contribution < 1.29 is 18.3 Å². The summed E-state index contributed by atoms with van der Waals surface area (Å²) < 4.78 is 37.3. The third-order valence-electron chi connectivity index (χ3n) is 2.25. The van der Waals surface area contributed by atoms with Gasteiger partial charge in [0, 0.05) is 6.20 Å². The number of rotatable bonds is 1. The molecule has 0 fully saturated rings. The molecule has 2 aromatic rings. The minimum atomic E-state index is -4.45. The van der Waals surface area contributed by atoms with Crippen LogP contribution >= 0.6 is 0 Å². The van der Waals surface area contributed by atoms with Gasteiger partial charge in [-0.05, 0) is 35.4 Å². The van der Waals surface area contributed by atoms with E-state index in [1.165, 1.54) is 18.2 Å². The molecule has 0 atom stereocenters. The summed E-state index contributed by atoms with van der Waals surface area (Å²) >= 11 is 0. The Labute approximate surface area is 95.4 Å². The molecule has 0 saturated heterocycles. The van der Waals surface area contributed by atoms with Gasteiger partial charge in [-0.1, -0.05) is 12.1 Å². The van der Waals surface area contributed by atoms with Gasteiger partial charge >= 0.3 is 6.18 Å². The minimum Gasteiger partial charge on any atom is -0.508 e. The largest absolute Gasteiger partial charge is 0.508 e. The highest BCUT2D eigenvalue weighted by Crippen LogP contribution is 2.30. The predicted molar refractivity (Wildman–Crippen MR) is 56.3 cm³/mol. The topological polar surface area (TPSA) is 33.1 Å². The zero-order valence-corrected chi connectivity index (χ0v) is 8.57. The van der Waals surface area contributed by atoms with E-state index in [0.717, 1.165) is 12.3 Å². The molecule has 2 nitrogen and oxygen atoms in total. The normalized spacial score (nSPS) is 11.5. The van der Waals surface area contributed by atoms with Crippen LogP contribution in [0.25, 0.3) is 11.1 Å². The second-order valence-corrected chi connectivity index (χ2v) is 3.47. The van der Waals surface area contributed by atoms with E-state index in [-0.39, 0.29) is 5.75 Å². The summed E-state index contributed by atoms with van der Waals surface area (Å²) in [6.45, 7) is 0. The zero-order valence-electron chi connectivity index (χ0n) is 8.57. The first kappa shape index (κ1) is 11.4. The Morgan fingerprint density at radius 3 is 2.18 bits per heavy atom. The maximum Gasteiger partial charge on any atom is 0.433 e. The summed E-state index contributed by atoms with van der Waals surface area (Å²) in [6.07, 6.45) is -3.34. The van der Waals surface area contributed by atoms with Crippen LogP contribution in [0.5, 0.6) is 5.75 Å². The molecule has 0 bridgehead atoms. The van der Waals surface area contributed by atoms with Gasteiger partial charge in [-0.15, -0.1) is 0 Å². The van der Waals surface area contributed by atoms with E-state index >= 15 is 0 Å². The highest BCUT2D eigenvalue weighted by Gasteiger charge is 2.32. The molecular weight excluding hydrogens is 231 g/mol. The van der Waals surface area contributed by atoms with Crippen LogP contribution in [0, 0.1) is 0 Å². The van der Waals surface area contributed by atoms with Gasteiger partial charge in [0.25, 0.3) is 0 Å². The summed E-state index contributed by atoms with van der Waals surface area (Å²) in [4.78, 5) is 3.28. The van der Waals surface area contributed by atoms with Crippen LogP contribution in [0.3, 0.4) is 0 Å². The van der Waals surface area contributed by atoms with E-state index in [0.29, 0.717) is 11.1 Å². The van der Waals surface area contributed by atoms with E-state index in [4.69, 9.17) is 5.11 Å². The number of pyridine rings is 1. The fraction of sp³-hybridized carbons (Fsp3) is 0.0833. The summed E-state index contributed by atoms with van der Waals surface area (Å²) in [5.74, 6) is 0.0684. The van der Waals surface area contributed by atoms with E-state index in [1.807, 2.05) is 0 Å². The van der Waals surface area contributed by atoms with Crippen LogP contribution in [0.15, 0.2) is 42.6 Å². The molecule has 0 aliphatic heterocycles. The van der Waals surface area contributed by atoms with Gasteiger partial charge in [0.05, 0.1) is 0 Å². The molecule has 0 spiro atoms. The number of hydrogen-bond donors (Lipinski definition) is 1. The van der Waals surface area contributed by atoms with Gasteiger partial charge in [-0.3, -0.25) is 4.98 Å².